The highest BCUT2D eigenvalue weighted by Crippen LogP contribution is 2.30. The summed E-state index contributed by atoms with van der Waals surface area (Å²) in [6.07, 6.45) is 0. The van der Waals surface area contributed by atoms with E-state index in [1.54, 1.807) is 7.11 Å². The summed E-state index contributed by atoms with van der Waals surface area (Å²) in [5, 5.41) is 12.3. The lowest BCUT2D eigenvalue weighted by atomic mass is 10.2. The molecule has 0 amide bonds. The van der Waals surface area contributed by atoms with Crippen LogP contribution in [0.2, 0.25) is 0 Å². The SMILES string of the molecule is CCNC(=NCc1ccc(OCCO)c(OC)c1)N1CCSC(C)(C)C1.I. The van der Waals surface area contributed by atoms with Crippen molar-refractivity contribution in [2.24, 2.45) is 4.99 Å². The van der Waals surface area contributed by atoms with Crippen molar-refractivity contribution >= 4 is 41.7 Å². The first-order valence-electron chi connectivity index (χ1n) is 9.07. The molecule has 8 heteroatoms. The number of ether oxygens (including phenoxy) is 2. The minimum absolute atomic E-state index is 0. The molecule has 0 atom stereocenters. The second kappa shape index (κ2) is 11.9. The second-order valence-corrected chi connectivity index (χ2v) is 8.56. The van der Waals surface area contributed by atoms with Gasteiger partial charge < -0.3 is 24.8 Å². The minimum atomic E-state index is -0.0221. The molecule has 0 unspecified atom stereocenters. The maximum absolute atomic E-state index is 8.91. The lowest BCUT2D eigenvalue weighted by molar-refractivity contribution is 0.196. The molecule has 154 valence electrons. The summed E-state index contributed by atoms with van der Waals surface area (Å²) < 4.78 is 11.1. The lowest BCUT2D eigenvalue weighted by Gasteiger charge is -2.39. The van der Waals surface area contributed by atoms with E-state index in [-0.39, 0.29) is 41.9 Å². The molecule has 6 nitrogen and oxygen atoms in total. The normalized spacial score (nSPS) is 16.5. The summed E-state index contributed by atoms with van der Waals surface area (Å²) in [7, 11) is 1.62. The number of thioether (sulfide) groups is 1. The fraction of sp³-hybridized carbons (Fsp3) is 0.632. The summed E-state index contributed by atoms with van der Waals surface area (Å²) in [4.78, 5) is 7.17. The first-order chi connectivity index (χ1) is 12.5. The Balaban J connectivity index is 0.00000364. The van der Waals surface area contributed by atoms with E-state index in [2.05, 4.69) is 31.0 Å². The summed E-state index contributed by atoms with van der Waals surface area (Å²) in [6, 6.07) is 5.79. The van der Waals surface area contributed by atoms with Crippen molar-refractivity contribution in [3.05, 3.63) is 23.8 Å². The van der Waals surface area contributed by atoms with Crippen molar-refractivity contribution in [2.45, 2.75) is 32.1 Å². The van der Waals surface area contributed by atoms with Gasteiger partial charge in [0.2, 0.25) is 0 Å². The predicted molar refractivity (Wildman–Crippen MR) is 124 cm³/mol. The number of nitrogens with one attached hydrogen (secondary N) is 1. The summed E-state index contributed by atoms with van der Waals surface area (Å²) in [5.41, 5.74) is 1.05. The first kappa shape index (κ1) is 24.2. The highest BCUT2D eigenvalue weighted by molar-refractivity contribution is 14.0. The Kier molecular flexibility index (Phi) is 10.6. The Morgan fingerprint density at radius 3 is 2.78 bits per heavy atom. The molecular weight excluding hydrogens is 477 g/mol. The number of guanidine groups is 1. The summed E-state index contributed by atoms with van der Waals surface area (Å²) >= 11 is 2.01. The molecule has 0 saturated carbocycles. The Morgan fingerprint density at radius 1 is 1.37 bits per heavy atom. The monoisotopic (exact) mass is 509 g/mol. The number of methoxy groups -OCH3 is 1. The quantitative estimate of drug-likeness (QED) is 0.335. The molecule has 1 saturated heterocycles. The smallest absolute Gasteiger partial charge is 0.194 e. The molecule has 27 heavy (non-hydrogen) atoms. The van der Waals surface area contributed by atoms with Crippen LogP contribution in [-0.4, -0.2) is 66.4 Å². The number of hydrogen-bond donors (Lipinski definition) is 2. The van der Waals surface area contributed by atoms with Crippen molar-refractivity contribution < 1.29 is 14.6 Å². The van der Waals surface area contributed by atoms with E-state index in [4.69, 9.17) is 19.6 Å². The van der Waals surface area contributed by atoms with Gasteiger partial charge in [0.25, 0.3) is 0 Å². The molecule has 0 aliphatic carbocycles. The molecule has 0 radical (unpaired) electrons. The van der Waals surface area contributed by atoms with Crippen molar-refractivity contribution in [3.8, 4) is 11.5 Å². The van der Waals surface area contributed by atoms with Gasteiger partial charge in [-0.15, -0.1) is 24.0 Å². The number of aliphatic hydroxyl groups is 1. The van der Waals surface area contributed by atoms with E-state index in [0.29, 0.717) is 18.0 Å². The molecule has 1 aromatic rings. The molecule has 2 N–H and O–H groups in total. The number of halogens is 1. The van der Waals surface area contributed by atoms with E-state index in [1.165, 1.54) is 0 Å². The van der Waals surface area contributed by atoms with E-state index in [1.807, 2.05) is 30.0 Å². The van der Waals surface area contributed by atoms with Gasteiger partial charge in [-0.25, -0.2) is 4.99 Å². The maximum Gasteiger partial charge on any atom is 0.194 e. The van der Waals surface area contributed by atoms with Crippen LogP contribution in [0.1, 0.15) is 26.3 Å². The molecule has 0 aromatic heterocycles. The zero-order chi connectivity index (χ0) is 19.0. The number of nitrogens with zero attached hydrogens (tertiary/aromatic N) is 2. The van der Waals surface area contributed by atoms with Gasteiger partial charge in [0, 0.05) is 30.1 Å². The molecule has 2 rings (SSSR count). The van der Waals surface area contributed by atoms with Crippen LogP contribution in [0.4, 0.5) is 0 Å². The molecule has 1 heterocycles. The molecule has 1 aliphatic rings. The van der Waals surface area contributed by atoms with Crippen LogP contribution >= 0.6 is 35.7 Å². The molecule has 1 aromatic carbocycles. The Labute approximate surface area is 184 Å². The van der Waals surface area contributed by atoms with Gasteiger partial charge in [-0.1, -0.05) is 6.07 Å². The highest BCUT2D eigenvalue weighted by Gasteiger charge is 2.28. The number of aliphatic hydroxyl groups excluding tert-OH is 1. The van der Waals surface area contributed by atoms with Crippen molar-refractivity contribution in [1.82, 2.24) is 10.2 Å². The van der Waals surface area contributed by atoms with Crippen LogP contribution in [0, 0.1) is 0 Å². The Bertz CT molecular complexity index is 614. The molecule has 1 aliphatic heterocycles. The van der Waals surface area contributed by atoms with Gasteiger partial charge in [-0.2, -0.15) is 11.8 Å². The van der Waals surface area contributed by atoms with Crippen LogP contribution in [0.5, 0.6) is 11.5 Å². The van der Waals surface area contributed by atoms with Crippen molar-refractivity contribution in [2.75, 3.05) is 45.7 Å². The molecular formula is C19H32IN3O3S. The Morgan fingerprint density at radius 2 is 2.15 bits per heavy atom. The largest absolute Gasteiger partial charge is 0.493 e. The van der Waals surface area contributed by atoms with Gasteiger partial charge in [0.1, 0.15) is 6.61 Å². The number of aliphatic imine (C=N–C) groups is 1. The van der Waals surface area contributed by atoms with E-state index in [0.717, 1.165) is 36.9 Å². The average molecular weight is 509 g/mol. The average Bonchev–Trinajstić information content (AvgIpc) is 2.62. The van der Waals surface area contributed by atoms with Crippen LogP contribution in [0.25, 0.3) is 0 Å². The highest BCUT2D eigenvalue weighted by atomic mass is 127. The number of rotatable bonds is 7. The van der Waals surface area contributed by atoms with Gasteiger partial charge in [-0.05, 0) is 38.5 Å². The van der Waals surface area contributed by atoms with Crippen molar-refractivity contribution in [3.63, 3.8) is 0 Å². The van der Waals surface area contributed by atoms with Crippen LogP contribution < -0.4 is 14.8 Å². The van der Waals surface area contributed by atoms with E-state index >= 15 is 0 Å². The van der Waals surface area contributed by atoms with Crippen molar-refractivity contribution in [1.29, 1.82) is 0 Å². The molecule has 1 fully saturated rings. The zero-order valence-electron chi connectivity index (χ0n) is 16.7. The third-order valence-corrected chi connectivity index (χ3v) is 5.35. The Hall–Kier alpha value is -0.870. The second-order valence-electron chi connectivity index (χ2n) is 6.76. The fourth-order valence-electron chi connectivity index (χ4n) is 2.87. The maximum atomic E-state index is 8.91. The number of hydrogen-bond acceptors (Lipinski definition) is 5. The molecule has 0 bridgehead atoms. The predicted octanol–water partition coefficient (Wildman–Crippen LogP) is 2.98. The third-order valence-electron chi connectivity index (χ3n) is 4.05. The summed E-state index contributed by atoms with van der Waals surface area (Å²) in [6.45, 7) is 10.3. The standard InChI is InChI=1S/C19H31N3O3S.HI/c1-5-20-18(22-8-11-26-19(2,3)14-22)21-13-15-6-7-16(25-10-9-23)17(12-15)24-4;/h6-7,12,23H,5,8-11,13-14H2,1-4H3,(H,20,21);1H. The van der Waals surface area contributed by atoms with E-state index in [9.17, 15) is 0 Å². The summed E-state index contributed by atoms with van der Waals surface area (Å²) in [5.74, 6) is 3.37. The zero-order valence-corrected chi connectivity index (χ0v) is 19.8. The van der Waals surface area contributed by atoms with Crippen LogP contribution in [0.3, 0.4) is 0 Å². The van der Waals surface area contributed by atoms with Gasteiger partial charge >= 0.3 is 0 Å². The van der Waals surface area contributed by atoms with E-state index < -0.39 is 0 Å². The third kappa shape index (κ3) is 7.57. The van der Waals surface area contributed by atoms with Gasteiger partial charge in [0.05, 0.1) is 20.3 Å². The van der Waals surface area contributed by atoms with Gasteiger partial charge in [-0.3, -0.25) is 0 Å². The topological polar surface area (TPSA) is 66.3 Å². The minimum Gasteiger partial charge on any atom is -0.493 e. The van der Waals surface area contributed by atoms with Gasteiger partial charge in [0.15, 0.2) is 17.5 Å². The molecule has 0 spiro atoms. The fourth-order valence-corrected chi connectivity index (χ4v) is 3.99. The lowest BCUT2D eigenvalue weighted by Crippen LogP contribution is -2.50. The van der Waals surface area contributed by atoms with Crippen LogP contribution in [0.15, 0.2) is 23.2 Å². The van der Waals surface area contributed by atoms with Crippen LogP contribution in [-0.2, 0) is 6.54 Å². The first-order valence-corrected chi connectivity index (χ1v) is 10.1. The number of benzene rings is 1.